The predicted molar refractivity (Wildman–Crippen MR) is 95.5 cm³/mol. The van der Waals surface area contributed by atoms with E-state index in [9.17, 15) is 14.0 Å². The van der Waals surface area contributed by atoms with Crippen molar-refractivity contribution in [1.29, 1.82) is 0 Å². The molecule has 0 aliphatic carbocycles. The van der Waals surface area contributed by atoms with Crippen molar-refractivity contribution in [3.63, 3.8) is 0 Å². The van der Waals surface area contributed by atoms with Crippen molar-refractivity contribution in [2.45, 2.75) is 58.0 Å². The lowest BCUT2D eigenvalue weighted by Crippen LogP contribution is -2.51. The van der Waals surface area contributed by atoms with Gasteiger partial charge in [0.2, 0.25) is 5.91 Å². The van der Waals surface area contributed by atoms with Crippen molar-refractivity contribution < 1.29 is 14.0 Å². The first kappa shape index (κ1) is 19.2. The zero-order chi connectivity index (χ0) is 18.1. The van der Waals surface area contributed by atoms with Crippen LogP contribution in [0.2, 0.25) is 0 Å². The van der Waals surface area contributed by atoms with Crippen LogP contribution in [0, 0.1) is 5.82 Å². The summed E-state index contributed by atoms with van der Waals surface area (Å²) in [5.41, 5.74) is 0.808. The quantitative estimate of drug-likeness (QED) is 0.828. The van der Waals surface area contributed by atoms with Gasteiger partial charge in [-0.1, -0.05) is 38.3 Å². The summed E-state index contributed by atoms with van der Waals surface area (Å²) in [5.74, 6) is -0.292. The van der Waals surface area contributed by atoms with Gasteiger partial charge < -0.3 is 15.5 Å². The molecule has 1 aliphatic heterocycles. The molecule has 0 spiro atoms. The van der Waals surface area contributed by atoms with Gasteiger partial charge in [-0.15, -0.1) is 0 Å². The molecule has 0 radical (unpaired) electrons. The summed E-state index contributed by atoms with van der Waals surface area (Å²) in [7, 11) is 0. The monoisotopic (exact) mass is 349 g/mol. The van der Waals surface area contributed by atoms with E-state index in [-0.39, 0.29) is 17.8 Å². The van der Waals surface area contributed by atoms with E-state index in [0.717, 1.165) is 50.8 Å². The lowest BCUT2D eigenvalue weighted by Gasteiger charge is -2.26. The van der Waals surface area contributed by atoms with E-state index in [0.29, 0.717) is 13.0 Å². The highest BCUT2D eigenvalue weighted by atomic mass is 19.1. The number of nitrogens with one attached hydrogen (secondary N) is 2. The predicted octanol–water partition coefficient (Wildman–Crippen LogP) is 3.20. The molecule has 6 heteroatoms. The molecule has 25 heavy (non-hydrogen) atoms. The number of benzene rings is 1. The molecule has 1 aromatic rings. The van der Waals surface area contributed by atoms with E-state index < -0.39 is 6.04 Å². The maximum absolute atomic E-state index is 12.9. The Morgan fingerprint density at radius 2 is 1.76 bits per heavy atom. The molecule has 1 heterocycles. The first-order chi connectivity index (χ1) is 12.1. The molecule has 1 aromatic carbocycles. The lowest BCUT2D eigenvalue weighted by atomic mass is 10.1. The average molecular weight is 349 g/mol. The highest BCUT2D eigenvalue weighted by Gasteiger charge is 2.25. The topological polar surface area (TPSA) is 61.4 Å². The third-order valence-corrected chi connectivity index (χ3v) is 4.46. The molecule has 138 valence electrons. The van der Waals surface area contributed by atoms with Crippen LogP contribution in [-0.2, 0) is 11.3 Å². The number of carbonyl (C=O) groups is 2. The van der Waals surface area contributed by atoms with E-state index >= 15 is 0 Å². The first-order valence-corrected chi connectivity index (χ1v) is 9.17. The molecule has 3 amide bonds. The van der Waals surface area contributed by atoms with Gasteiger partial charge in [0.1, 0.15) is 11.9 Å². The molecule has 1 unspecified atom stereocenters. The molecule has 2 N–H and O–H groups in total. The van der Waals surface area contributed by atoms with E-state index in [1.807, 2.05) is 11.8 Å². The lowest BCUT2D eigenvalue weighted by molar-refractivity contribution is -0.133. The molecule has 1 fully saturated rings. The third kappa shape index (κ3) is 6.36. The number of rotatable bonds is 6. The molecule has 0 aromatic heterocycles. The Bertz CT molecular complexity index is 554. The molecule has 1 aliphatic rings. The van der Waals surface area contributed by atoms with Crippen LogP contribution in [-0.4, -0.2) is 36.0 Å². The maximum Gasteiger partial charge on any atom is 0.315 e. The smallest absolute Gasteiger partial charge is 0.315 e. The fourth-order valence-electron chi connectivity index (χ4n) is 3.05. The zero-order valence-corrected chi connectivity index (χ0v) is 14.9. The van der Waals surface area contributed by atoms with Crippen molar-refractivity contribution in [1.82, 2.24) is 15.5 Å². The summed E-state index contributed by atoms with van der Waals surface area (Å²) < 4.78 is 12.9. The number of hydrogen-bond acceptors (Lipinski definition) is 2. The third-order valence-electron chi connectivity index (χ3n) is 4.46. The Kier molecular flexibility index (Phi) is 7.70. The molecule has 1 atom stereocenters. The number of halogens is 1. The zero-order valence-electron chi connectivity index (χ0n) is 14.9. The second-order valence-electron chi connectivity index (χ2n) is 6.53. The average Bonchev–Trinajstić information content (AvgIpc) is 2.89. The highest BCUT2D eigenvalue weighted by Crippen LogP contribution is 2.12. The number of nitrogens with zero attached hydrogens (tertiary/aromatic N) is 1. The van der Waals surface area contributed by atoms with Crippen LogP contribution < -0.4 is 10.6 Å². The molecule has 5 nitrogen and oxygen atoms in total. The number of urea groups is 1. The summed E-state index contributed by atoms with van der Waals surface area (Å²) in [4.78, 5) is 26.8. The van der Waals surface area contributed by atoms with E-state index in [4.69, 9.17) is 0 Å². The van der Waals surface area contributed by atoms with Gasteiger partial charge in [-0.3, -0.25) is 4.79 Å². The van der Waals surface area contributed by atoms with E-state index in [1.54, 1.807) is 12.1 Å². The van der Waals surface area contributed by atoms with Gasteiger partial charge in [0, 0.05) is 19.6 Å². The fraction of sp³-hybridized carbons (Fsp3) is 0.579. The minimum Gasteiger partial charge on any atom is -0.341 e. The Balaban J connectivity index is 1.87. The van der Waals surface area contributed by atoms with Crippen molar-refractivity contribution in [3.05, 3.63) is 35.6 Å². The molecule has 0 saturated carbocycles. The first-order valence-electron chi connectivity index (χ1n) is 9.17. The highest BCUT2D eigenvalue weighted by molar-refractivity contribution is 5.87. The van der Waals surface area contributed by atoms with Crippen LogP contribution in [0.5, 0.6) is 0 Å². The minimum atomic E-state index is -0.490. The Morgan fingerprint density at radius 1 is 1.12 bits per heavy atom. The summed E-state index contributed by atoms with van der Waals surface area (Å²) in [6.07, 6.45) is 5.83. The normalized spacial score (nSPS) is 16.0. The van der Waals surface area contributed by atoms with E-state index in [2.05, 4.69) is 10.6 Å². The standard InChI is InChI=1S/C19H28FN3O2/c1-2-7-17(18(24)23-12-5-3-4-6-13-23)22-19(25)21-14-15-8-10-16(20)11-9-15/h8-11,17H,2-7,12-14H2,1H3,(H2,21,22,25). The number of carbonyl (C=O) groups excluding carboxylic acids is 2. The number of hydrogen-bond donors (Lipinski definition) is 2. The van der Waals surface area contributed by atoms with Gasteiger partial charge in [-0.25, -0.2) is 9.18 Å². The number of amides is 3. The maximum atomic E-state index is 12.9. The largest absolute Gasteiger partial charge is 0.341 e. The Hall–Kier alpha value is -2.11. The van der Waals surface area contributed by atoms with Crippen LogP contribution in [0.4, 0.5) is 9.18 Å². The molecule has 2 rings (SSSR count). The van der Waals surface area contributed by atoms with Crippen LogP contribution >= 0.6 is 0 Å². The van der Waals surface area contributed by atoms with Crippen LogP contribution in [0.15, 0.2) is 24.3 Å². The van der Waals surface area contributed by atoms with Crippen LogP contribution in [0.1, 0.15) is 51.0 Å². The van der Waals surface area contributed by atoms with Crippen LogP contribution in [0.3, 0.4) is 0 Å². The van der Waals surface area contributed by atoms with Gasteiger partial charge in [-0.05, 0) is 37.0 Å². The van der Waals surface area contributed by atoms with E-state index in [1.165, 1.54) is 12.1 Å². The molecular weight excluding hydrogens is 321 g/mol. The molecule has 0 bridgehead atoms. The molecule has 1 saturated heterocycles. The number of likely N-dealkylation sites (tertiary alicyclic amines) is 1. The fourth-order valence-corrected chi connectivity index (χ4v) is 3.05. The summed E-state index contributed by atoms with van der Waals surface area (Å²) in [6.45, 7) is 3.85. The van der Waals surface area contributed by atoms with Crippen LogP contribution in [0.25, 0.3) is 0 Å². The van der Waals surface area contributed by atoms with Crippen molar-refractivity contribution in [2.75, 3.05) is 13.1 Å². The minimum absolute atomic E-state index is 0.0145. The second kappa shape index (κ2) is 10.0. The Labute approximate surface area is 149 Å². The van der Waals surface area contributed by atoms with Crippen molar-refractivity contribution >= 4 is 11.9 Å². The summed E-state index contributed by atoms with van der Waals surface area (Å²) >= 11 is 0. The SMILES string of the molecule is CCCC(NC(=O)NCc1ccc(F)cc1)C(=O)N1CCCCCC1. The summed E-state index contributed by atoms with van der Waals surface area (Å²) in [5, 5.41) is 5.54. The second-order valence-corrected chi connectivity index (χ2v) is 6.53. The van der Waals surface area contributed by atoms with Gasteiger partial charge in [0.25, 0.3) is 0 Å². The van der Waals surface area contributed by atoms with Gasteiger partial charge >= 0.3 is 6.03 Å². The van der Waals surface area contributed by atoms with Gasteiger partial charge in [0.05, 0.1) is 0 Å². The van der Waals surface area contributed by atoms with Gasteiger partial charge in [0.15, 0.2) is 0 Å². The van der Waals surface area contributed by atoms with Crippen molar-refractivity contribution in [2.24, 2.45) is 0 Å². The summed E-state index contributed by atoms with van der Waals surface area (Å²) in [6, 6.07) is 5.11. The van der Waals surface area contributed by atoms with Crippen molar-refractivity contribution in [3.8, 4) is 0 Å². The van der Waals surface area contributed by atoms with Gasteiger partial charge in [-0.2, -0.15) is 0 Å². The Morgan fingerprint density at radius 3 is 2.36 bits per heavy atom. The molecular formula is C19H28FN3O2.